The molecule has 2 atom stereocenters. The highest BCUT2D eigenvalue weighted by molar-refractivity contribution is 7.80. The molecule has 1 aliphatic heterocycles. The summed E-state index contributed by atoms with van der Waals surface area (Å²) >= 11 is 5.69. The molecular formula is C22H24N4S. The second kappa shape index (κ2) is 7.53. The molecule has 0 amide bonds. The normalized spacial score (nSPS) is 19.3. The second-order valence-electron chi connectivity index (χ2n) is 6.96. The predicted molar refractivity (Wildman–Crippen MR) is 113 cm³/mol. The number of hydrogen-bond acceptors (Lipinski definition) is 2. The molecule has 1 aliphatic rings. The van der Waals surface area contributed by atoms with Gasteiger partial charge in [-0.05, 0) is 62.0 Å². The summed E-state index contributed by atoms with van der Waals surface area (Å²) in [5.74, 6) is 0. The third-order valence-electron chi connectivity index (χ3n) is 5.06. The van der Waals surface area contributed by atoms with Gasteiger partial charge >= 0.3 is 0 Å². The highest BCUT2D eigenvalue weighted by Gasteiger charge is 2.40. The van der Waals surface area contributed by atoms with Crippen LogP contribution in [-0.2, 0) is 0 Å². The highest BCUT2D eigenvalue weighted by Crippen LogP contribution is 2.39. The van der Waals surface area contributed by atoms with E-state index in [0.717, 1.165) is 29.5 Å². The van der Waals surface area contributed by atoms with Crippen molar-refractivity contribution in [3.05, 3.63) is 83.9 Å². The minimum Gasteiger partial charge on any atom is -0.352 e. The second-order valence-corrected chi connectivity index (χ2v) is 7.35. The summed E-state index contributed by atoms with van der Waals surface area (Å²) in [6.07, 6.45) is 5.01. The lowest BCUT2D eigenvalue weighted by molar-refractivity contribution is 0.309. The fourth-order valence-corrected chi connectivity index (χ4v) is 4.12. The molecule has 3 heterocycles. The first-order valence-corrected chi connectivity index (χ1v) is 9.82. The summed E-state index contributed by atoms with van der Waals surface area (Å²) in [6, 6.07) is 19.1. The molecule has 0 radical (unpaired) electrons. The van der Waals surface area contributed by atoms with Gasteiger partial charge in [0, 0.05) is 30.3 Å². The van der Waals surface area contributed by atoms with Crippen molar-refractivity contribution in [3.8, 4) is 5.69 Å². The van der Waals surface area contributed by atoms with Gasteiger partial charge in [0.05, 0.1) is 17.8 Å². The Balaban J connectivity index is 1.80. The van der Waals surface area contributed by atoms with Crippen molar-refractivity contribution < 1.29 is 0 Å². The molecular weight excluding hydrogens is 352 g/mol. The van der Waals surface area contributed by atoms with E-state index in [1.807, 2.05) is 18.3 Å². The average Bonchev–Trinajstić information content (AvgIpc) is 3.28. The van der Waals surface area contributed by atoms with Gasteiger partial charge in [0.25, 0.3) is 0 Å². The fraction of sp³-hybridized carbons (Fsp3) is 0.273. The maximum Gasteiger partial charge on any atom is 0.170 e. The Morgan fingerprint density at radius 1 is 1.07 bits per heavy atom. The van der Waals surface area contributed by atoms with E-state index < -0.39 is 0 Å². The van der Waals surface area contributed by atoms with E-state index in [-0.39, 0.29) is 12.1 Å². The maximum absolute atomic E-state index is 5.69. The summed E-state index contributed by atoms with van der Waals surface area (Å²) in [5.41, 5.74) is 4.65. The van der Waals surface area contributed by atoms with Crippen LogP contribution in [0.3, 0.4) is 0 Å². The first-order chi connectivity index (χ1) is 13.2. The zero-order chi connectivity index (χ0) is 18.8. The van der Waals surface area contributed by atoms with Crippen molar-refractivity contribution in [3.63, 3.8) is 0 Å². The zero-order valence-electron chi connectivity index (χ0n) is 15.7. The van der Waals surface area contributed by atoms with E-state index in [1.54, 1.807) is 0 Å². The van der Waals surface area contributed by atoms with Gasteiger partial charge in [-0.2, -0.15) is 0 Å². The van der Waals surface area contributed by atoms with Crippen molar-refractivity contribution in [2.45, 2.75) is 32.4 Å². The Bertz CT molecular complexity index is 917. The molecule has 0 bridgehead atoms. The molecule has 1 fully saturated rings. The van der Waals surface area contributed by atoms with Crippen molar-refractivity contribution >= 4 is 17.3 Å². The standard InChI is InChI=1S/C22H24N4S/c1-3-14-26-21(20(24-22(26)27)18-7-4-5-13-23-18)19-8-6-15-25(19)17-11-9-16(2)10-12-17/h4-13,15,20-21H,3,14H2,1-2H3,(H,24,27)/t20-,21+/m0/s1. The highest BCUT2D eigenvalue weighted by atomic mass is 32.1. The number of hydrogen-bond donors (Lipinski definition) is 1. The minimum absolute atomic E-state index is 0.0318. The molecule has 1 saturated heterocycles. The molecule has 2 aromatic heterocycles. The van der Waals surface area contributed by atoms with Gasteiger partial charge in [-0.3, -0.25) is 4.98 Å². The van der Waals surface area contributed by atoms with E-state index in [2.05, 4.69) is 82.3 Å². The van der Waals surface area contributed by atoms with Gasteiger partial charge in [-0.1, -0.05) is 30.7 Å². The van der Waals surface area contributed by atoms with Gasteiger partial charge in [-0.25, -0.2) is 0 Å². The van der Waals surface area contributed by atoms with Crippen molar-refractivity contribution in [1.29, 1.82) is 0 Å². The number of nitrogens with one attached hydrogen (secondary N) is 1. The summed E-state index contributed by atoms with van der Waals surface area (Å²) < 4.78 is 2.26. The molecule has 0 aliphatic carbocycles. The molecule has 138 valence electrons. The van der Waals surface area contributed by atoms with Crippen molar-refractivity contribution in [2.24, 2.45) is 0 Å². The van der Waals surface area contributed by atoms with E-state index in [0.29, 0.717) is 0 Å². The van der Waals surface area contributed by atoms with Crippen LogP contribution < -0.4 is 5.32 Å². The summed E-state index contributed by atoms with van der Waals surface area (Å²) in [5, 5.41) is 4.31. The summed E-state index contributed by atoms with van der Waals surface area (Å²) in [4.78, 5) is 6.91. The molecule has 4 rings (SSSR count). The summed E-state index contributed by atoms with van der Waals surface area (Å²) in [6.45, 7) is 5.21. The molecule has 0 saturated carbocycles. The number of thiocarbonyl (C=S) groups is 1. The molecule has 4 nitrogen and oxygen atoms in total. The van der Waals surface area contributed by atoms with Crippen LogP contribution in [0.1, 0.15) is 42.4 Å². The smallest absolute Gasteiger partial charge is 0.170 e. The number of rotatable bonds is 5. The Kier molecular flexibility index (Phi) is 4.94. The third-order valence-corrected chi connectivity index (χ3v) is 5.41. The van der Waals surface area contributed by atoms with E-state index in [9.17, 15) is 0 Å². The minimum atomic E-state index is 0.0318. The van der Waals surface area contributed by atoms with Crippen LogP contribution >= 0.6 is 12.2 Å². The lowest BCUT2D eigenvalue weighted by Crippen LogP contribution is -2.31. The van der Waals surface area contributed by atoms with Crippen LogP contribution in [0.25, 0.3) is 5.69 Å². The largest absolute Gasteiger partial charge is 0.352 e. The average molecular weight is 377 g/mol. The van der Waals surface area contributed by atoms with E-state index in [1.165, 1.54) is 11.3 Å². The Hall–Kier alpha value is -2.66. The Morgan fingerprint density at radius 3 is 2.59 bits per heavy atom. The van der Waals surface area contributed by atoms with Crippen LogP contribution in [0.5, 0.6) is 0 Å². The zero-order valence-corrected chi connectivity index (χ0v) is 16.5. The van der Waals surface area contributed by atoms with Crippen LogP contribution in [-0.4, -0.2) is 26.1 Å². The monoisotopic (exact) mass is 376 g/mol. The van der Waals surface area contributed by atoms with E-state index in [4.69, 9.17) is 12.2 Å². The molecule has 3 aromatic rings. The SMILES string of the molecule is CCCN1C(=S)N[C@@H](c2ccccn2)[C@H]1c1cccn1-c1ccc(C)cc1. The van der Waals surface area contributed by atoms with Crippen LogP contribution in [0.2, 0.25) is 0 Å². The first-order valence-electron chi connectivity index (χ1n) is 9.41. The van der Waals surface area contributed by atoms with Crippen LogP contribution in [0.15, 0.2) is 67.0 Å². The van der Waals surface area contributed by atoms with Gasteiger partial charge in [0.15, 0.2) is 5.11 Å². The number of pyridine rings is 1. The van der Waals surface area contributed by atoms with Gasteiger partial charge in [0.2, 0.25) is 0 Å². The van der Waals surface area contributed by atoms with Gasteiger partial charge in [-0.15, -0.1) is 0 Å². The Morgan fingerprint density at radius 2 is 1.89 bits per heavy atom. The molecule has 1 N–H and O–H groups in total. The van der Waals surface area contributed by atoms with E-state index >= 15 is 0 Å². The topological polar surface area (TPSA) is 33.1 Å². The van der Waals surface area contributed by atoms with Crippen molar-refractivity contribution in [1.82, 2.24) is 19.8 Å². The van der Waals surface area contributed by atoms with Crippen LogP contribution in [0.4, 0.5) is 0 Å². The third kappa shape index (κ3) is 3.35. The summed E-state index contributed by atoms with van der Waals surface area (Å²) in [7, 11) is 0. The predicted octanol–water partition coefficient (Wildman–Crippen LogP) is 4.56. The lowest BCUT2D eigenvalue weighted by atomic mass is 10.0. The molecule has 1 aromatic carbocycles. The maximum atomic E-state index is 5.69. The number of benzene rings is 1. The molecule has 5 heteroatoms. The number of nitrogens with zero attached hydrogens (tertiary/aromatic N) is 3. The number of aromatic nitrogens is 2. The molecule has 0 unspecified atom stereocenters. The van der Waals surface area contributed by atoms with Gasteiger partial charge < -0.3 is 14.8 Å². The van der Waals surface area contributed by atoms with Crippen molar-refractivity contribution in [2.75, 3.05) is 6.54 Å². The lowest BCUT2D eigenvalue weighted by Gasteiger charge is -2.28. The fourth-order valence-electron chi connectivity index (χ4n) is 3.78. The Labute approximate surface area is 165 Å². The number of aryl methyl sites for hydroxylation is 1. The quantitative estimate of drug-likeness (QED) is 0.662. The first kappa shape index (κ1) is 17.7. The molecule has 0 spiro atoms. The van der Waals surface area contributed by atoms with Gasteiger partial charge in [0.1, 0.15) is 0 Å². The molecule has 27 heavy (non-hydrogen) atoms. The van der Waals surface area contributed by atoms with Crippen LogP contribution in [0, 0.1) is 6.92 Å².